The first-order valence-electron chi connectivity index (χ1n) is 12.8. The van der Waals surface area contributed by atoms with E-state index in [1.165, 1.54) is 16.7 Å². The van der Waals surface area contributed by atoms with Gasteiger partial charge in [0.2, 0.25) is 0 Å². The fourth-order valence-electron chi connectivity index (χ4n) is 5.32. The molecule has 0 unspecified atom stereocenters. The number of hydrogen-bond acceptors (Lipinski definition) is 7. The Hall–Kier alpha value is -3.78. The molecule has 42 heavy (non-hydrogen) atoms. The fraction of sp³-hybridized carbons (Fsp3) is 0.333. The van der Waals surface area contributed by atoms with Gasteiger partial charge >= 0.3 is 12.3 Å². The highest BCUT2D eigenvalue weighted by Gasteiger charge is 2.38. The summed E-state index contributed by atoms with van der Waals surface area (Å²) in [6.45, 7) is 2.02. The Morgan fingerprint density at radius 2 is 1.90 bits per heavy atom. The molecule has 2 atom stereocenters. The van der Waals surface area contributed by atoms with Crippen LogP contribution >= 0.6 is 22.9 Å². The van der Waals surface area contributed by atoms with Gasteiger partial charge in [-0.05, 0) is 49.6 Å². The molecule has 1 amide bonds. The van der Waals surface area contributed by atoms with E-state index in [4.69, 9.17) is 16.3 Å². The summed E-state index contributed by atoms with van der Waals surface area (Å²) in [6, 6.07) is 4.75. The van der Waals surface area contributed by atoms with Crippen molar-refractivity contribution >= 4 is 45.6 Å². The van der Waals surface area contributed by atoms with Crippen molar-refractivity contribution in [2.75, 3.05) is 18.5 Å². The van der Waals surface area contributed by atoms with Crippen LogP contribution in [0.1, 0.15) is 29.1 Å². The number of aryl methyl sites for hydroxylation is 1. The first-order chi connectivity index (χ1) is 19.9. The number of nitrogens with zero attached hydrogens (tertiary/aromatic N) is 4. The second-order valence-electron chi connectivity index (χ2n) is 10.2. The molecule has 2 fully saturated rings. The third kappa shape index (κ3) is 5.17. The molecule has 2 aromatic heterocycles. The maximum Gasteiger partial charge on any atom is 0.427 e. The largest absolute Gasteiger partial charge is 0.447 e. The Morgan fingerprint density at radius 1 is 1.17 bits per heavy atom. The number of fused-ring (bicyclic) bond motifs is 2. The van der Waals surface area contributed by atoms with Crippen molar-refractivity contribution < 1.29 is 31.5 Å². The number of anilines is 1. The third-order valence-electron chi connectivity index (χ3n) is 7.39. The van der Waals surface area contributed by atoms with Crippen LogP contribution in [-0.4, -0.2) is 50.8 Å². The number of rotatable bonds is 5. The Bertz CT molecular complexity index is 1770. The van der Waals surface area contributed by atoms with E-state index < -0.39 is 33.3 Å². The molecule has 0 bridgehead atoms. The van der Waals surface area contributed by atoms with Crippen LogP contribution in [0.25, 0.3) is 21.5 Å². The maximum absolute atomic E-state index is 14.1. The van der Waals surface area contributed by atoms with Gasteiger partial charge in [0.05, 0.1) is 29.7 Å². The molecular formula is C27H21ClF5N5O3S. The van der Waals surface area contributed by atoms with Crippen molar-refractivity contribution in [3.8, 4) is 10.6 Å². The number of benzene rings is 2. The van der Waals surface area contributed by atoms with Gasteiger partial charge < -0.3 is 15.0 Å². The number of ether oxygens (including phenoxy) is 1. The van der Waals surface area contributed by atoms with Crippen LogP contribution in [-0.2, 0) is 17.5 Å². The Balaban J connectivity index is 1.43. The van der Waals surface area contributed by atoms with Gasteiger partial charge in [0.15, 0.2) is 0 Å². The van der Waals surface area contributed by atoms with Crippen LogP contribution in [0.4, 0.5) is 32.4 Å². The number of hydrogen-bond donors (Lipinski definition) is 1. The predicted octanol–water partition coefficient (Wildman–Crippen LogP) is 6.22. The molecule has 0 saturated carbocycles. The Morgan fingerprint density at radius 3 is 2.60 bits per heavy atom. The number of thiazole rings is 1. The third-order valence-corrected chi connectivity index (χ3v) is 8.83. The molecule has 2 aliphatic rings. The SMILES string of the molecule is Cc1nc2cc(-c3ncc(C(F)(F)F)s3)c(N[C@H]3CCN4C(=O)OC[C@@H]4C3)cc2c(=O)n1Cc1cc(F)c(Cl)c(F)c1. The molecule has 2 aromatic carbocycles. The normalized spacial score (nSPS) is 18.8. The van der Waals surface area contributed by atoms with Crippen LogP contribution in [0.3, 0.4) is 0 Å². The number of carbonyl (C=O) groups is 1. The first-order valence-corrected chi connectivity index (χ1v) is 14.0. The van der Waals surface area contributed by atoms with Crippen molar-refractivity contribution in [1.82, 2.24) is 19.4 Å². The van der Waals surface area contributed by atoms with Crippen molar-refractivity contribution in [2.45, 2.75) is 44.6 Å². The van der Waals surface area contributed by atoms with Crippen LogP contribution in [0.5, 0.6) is 0 Å². The number of halogens is 6. The molecule has 1 N–H and O–H groups in total. The minimum atomic E-state index is -4.58. The second-order valence-corrected chi connectivity index (χ2v) is 11.6. The zero-order valence-electron chi connectivity index (χ0n) is 21.8. The second kappa shape index (κ2) is 10.5. The molecule has 0 radical (unpaired) electrons. The summed E-state index contributed by atoms with van der Waals surface area (Å²) in [4.78, 5) is 34.9. The van der Waals surface area contributed by atoms with Gasteiger partial charge in [-0.3, -0.25) is 9.36 Å². The van der Waals surface area contributed by atoms with Gasteiger partial charge in [-0.15, -0.1) is 11.3 Å². The van der Waals surface area contributed by atoms with Gasteiger partial charge in [0.1, 0.15) is 39.0 Å². The summed E-state index contributed by atoms with van der Waals surface area (Å²) in [7, 11) is 0. The van der Waals surface area contributed by atoms with Crippen molar-refractivity contribution in [3.63, 3.8) is 0 Å². The average Bonchev–Trinajstić information content (AvgIpc) is 3.57. The Labute approximate surface area is 243 Å². The molecule has 4 heterocycles. The molecule has 6 rings (SSSR count). The van der Waals surface area contributed by atoms with Crippen molar-refractivity contribution in [3.05, 3.63) is 73.7 Å². The predicted molar refractivity (Wildman–Crippen MR) is 146 cm³/mol. The lowest BCUT2D eigenvalue weighted by Gasteiger charge is -2.33. The van der Waals surface area contributed by atoms with E-state index in [1.807, 2.05) is 0 Å². The van der Waals surface area contributed by atoms with Gasteiger partial charge in [0.25, 0.3) is 5.56 Å². The zero-order chi connectivity index (χ0) is 29.9. The first kappa shape index (κ1) is 28.3. The molecule has 2 saturated heterocycles. The van der Waals surface area contributed by atoms with E-state index in [0.717, 1.165) is 18.3 Å². The van der Waals surface area contributed by atoms with E-state index in [1.54, 1.807) is 11.8 Å². The van der Waals surface area contributed by atoms with Crippen LogP contribution in [0.2, 0.25) is 5.02 Å². The van der Waals surface area contributed by atoms with Gasteiger partial charge in [-0.2, -0.15) is 13.2 Å². The average molecular weight is 626 g/mol. The zero-order valence-corrected chi connectivity index (χ0v) is 23.3. The molecular weight excluding hydrogens is 605 g/mol. The lowest BCUT2D eigenvalue weighted by Crippen LogP contribution is -2.45. The Kier molecular flexibility index (Phi) is 7.08. The number of amides is 1. The molecule has 4 aromatic rings. The molecule has 15 heteroatoms. The molecule has 0 spiro atoms. The maximum atomic E-state index is 14.1. The summed E-state index contributed by atoms with van der Waals surface area (Å²) in [5, 5.41) is 2.92. The minimum absolute atomic E-state index is 0.0827. The highest BCUT2D eigenvalue weighted by Crippen LogP contribution is 2.40. The standard InChI is InChI=1S/C27H21ClF5N5O3S/c1-12-35-21-7-16(24-34-9-22(42-24)27(31,32)33)20(36-14-2-3-37-15(6-14)11-41-26(37)40)8-17(21)25(39)38(12)10-13-4-18(29)23(28)19(30)5-13/h4-5,7-9,14-15,36H,2-3,6,10-11H2,1H3/t14-,15-/m0/s1. The summed E-state index contributed by atoms with van der Waals surface area (Å²) in [5.41, 5.74) is 0.555. The monoisotopic (exact) mass is 625 g/mol. The molecule has 220 valence electrons. The number of aromatic nitrogens is 3. The number of alkyl halides is 3. The molecule has 8 nitrogen and oxygen atoms in total. The topological polar surface area (TPSA) is 89.4 Å². The summed E-state index contributed by atoms with van der Waals surface area (Å²) in [6.07, 6.45) is -3.13. The summed E-state index contributed by atoms with van der Waals surface area (Å²) in [5.74, 6) is -1.71. The van der Waals surface area contributed by atoms with Crippen molar-refractivity contribution in [2.24, 2.45) is 0 Å². The van der Waals surface area contributed by atoms with E-state index in [0.29, 0.717) is 42.0 Å². The highest BCUT2D eigenvalue weighted by molar-refractivity contribution is 7.15. The van der Waals surface area contributed by atoms with Gasteiger partial charge in [-0.25, -0.2) is 23.5 Å². The minimum Gasteiger partial charge on any atom is -0.447 e. The number of cyclic esters (lactones) is 1. The van der Waals surface area contributed by atoms with Crippen LogP contribution < -0.4 is 10.9 Å². The molecule has 2 aliphatic heterocycles. The number of carbonyl (C=O) groups excluding carboxylic acids is 1. The van der Waals surface area contributed by atoms with E-state index in [-0.39, 0.29) is 58.6 Å². The van der Waals surface area contributed by atoms with E-state index in [2.05, 4.69) is 15.3 Å². The quantitative estimate of drug-likeness (QED) is 0.209. The molecule has 0 aliphatic carbocycles. The van der Waals surface area contributed by atoms with Crippen molar-refractivity contribution in [1.29, 1.82) is 0 Å². The lowest BCUT2D eigenvalue weighted by molar-refractivity contribution is -0.134. The van der Waals surface area contributed by atoms with Gasteiger partial charge in [0, 0.05) is 23.8 Å². The highest BCUT2D eigenvalue weighted by atomic mass is 35.5. The lowest BCUT2D eigenvalue weighted by atomic mass is 9.97. The van der Waals surface area contributed by atoms with Crippen LogP contribution in [0.15, 0.2) is 35.3 Å². The van der Waals surface area contributed by atoms with Crippen LogP contribution in [0, 0.1) is 18.6 Å². The fourth-order valence-corrected chi connectivity index (χ4v) is 6.25. The summed E-state index contributed by atoms with van der Waals surface area (Å²) < 4.78 is 74.7. The number of nitrogens with one attached hydrogen (secondary N) is 1. The summed E-state index contributed by atoms with van der Waals surface area (Å²) >= 11 is 6.06. The van der Waals surface area contributed by atoms with Gasteiger partial charge in [-0.1, -0.05) is 11.6 Å². The van der Waals surface area contributed by atoms with E-state index in [9.17, 15) is 31.5 Å². The smallest absolute Gasteiger partial charge is 0.427 e. The number of piperidine rings is 1. The van der Waals surface area contributed by atoms with E-state index >= 15 is 0 Å².